The van der Waals surface area contributed by atoms with Crippen LogP contribution >= 0.6 is 0 Å². The van der Waals surface area contributed by atoms with Crippen LogP contribution in [0.15, 0.2) is 23.8 Å². The van der Waals surface area contributed by atoms with Crippen molar-refractivity contribution < 1.29 is 4.79 Å². The Morgan fingerprint density at radius 3 is 2.50 bits per heavy atom. The summed E-state index contributed by atoms with van der Waals surface area (Å²) >= 11 is 0. The van der Waals surface area contributed by atoms with Gasteiger partial charge < -0.3 is 0 Å². The fourth-order valence-electron chi connectivity index (χ4n) is 1.09. The minimum absolute atomic E-state index is 0.165. The summed E-state index contributed by atoms with van der Waals surface area (Å²) in [6.45, 7) is 7.46. The molecule has 0 atom stereocenters. The Morgan fingerprint density at radius 2 is 2.08 bits per heavy atom. The smallest absolute Gasteiger partial charge is 0.155 e. The molecule has 0 aliphatic heterocycles. The maximum atomic E-state index is 10.8. The molecular weight excluding hydrogens is 148 g/mol. The lowest BCUT2D eigenvalue weighted by molar-refractivity contribution is -0.113. The fraction of sp³-hybridized carbons (Fsp3) is 0.545. The van der Waals surface area contributed by atoms with Crippen LogP contribution in [-0.4, -0.2) is 5.78 Å². The van der Waals surface area contributed by atoms with E-state index in [2.05, 4.69) is 6.58 Å². The largest absolute Gasteiger partial charge is 0.295 e. The van der Waals surface area contributed by atoms with Crippen molar-refractivity contribution in [2.75, 3.05) is 0 Å². The van der Waals surface area contributed by atoms with Gasteiger partial charge in [0.2, 0.25) is 0 Å². The lowest BCUT2D eigenvalue weighted by Gasteiger charge is -1.98. The number of Topliss-reactive ketones (excluding diaryl/α,β-unsaturated/α-hetero) is 1. The second kappa shape index (κ2) is 3.70. The Morgan fingerprint density at radius 1 is 1.50 bits per heavy atom. The highest BCUT2D eigenvalue weighted by atomic mass is 16.1. The third-order valence-electron chi connectivity index (χ3n) is 2.38. The van der Waals surface area contributed by atoms with E-state index in [1.165, 1.54) is 18.4 Å². The monoisotopic (exact) mass is 164 g/mol. The van der Waals surface area contributed by atoms with Crippen molar-refractivity contribution in [3.05, 3.63) is 23.8 Å². The van der Waals surface area contributed by atoms with Gasteiger partial charge in [-0.3, -0.25) is 4.79 Å². The van der Waals surface area contributed by atoms with Crippen molar-refractivity contribution >= 4 is 5.78 Å². The van der Waals surface area contributed by atoms with Crippen LogP contribution in [0.5, 0.6) is 0 Å². The van der Waals surface area contributed by atoms with E-state index in [0.29, 0.717) is 0 Å². The standard InChI is InChI=1S/C11H16O/c1-8(10(3)12)4-5-9(2)11-6-7-11/h4,11H,2,5-7H2,1,3H3/b8-4+. The maximum Gasteiger partial charge on any atom is 0.155 e. The molecule has 1 aliphatic carbocycles. The van der Waals surface area contributed by atoms with Gasteiger partial charge in [0, 0.05) is 0 Å². The maximum absolute atomic E-state index is 10.8. The highest BCUT2D eigenvalue weighted by Gasteiger charge is 2.23. The molecule has 0 N–H and O–H groups in total. The van der Waals surface area contributed by atoms with Crippen LogP contribution in [-0.2, 0) is 4.79 Å². The molecule has 0 heterocycles. The third-order valence-corrected chi connectivity index (χ3v) is 2.38. The molecular formula is C11H16O. The summed E-state index contributed by atoms with van der Waals surface area (Å²) in [5.74, 6) is 0.916. The van der Waals surface area contributed by atoms with Gasteiger partial charge in [0.15, 0.2) is 5.78 Å². The van der Waals surface area contributed by atoms with Crippen molar-refractivity contribution in [3.8, 4) is 0 Å². The highest BCUT2D eigenvalue weighted by Crippen LogP contribution is 2.37. The molecule has 1 heteroatoms. The van der Waals surface area contributed by atoms with Crippen LogP contribution < -0.4 is 0 Å². The number of hydrogen-bond donors (Lipinski definition) is 0. The highest BCUT2D eigenvalue weighted by molar-refractivity contribution is 5.92. The van der Waals surface area contributed by atoms with Gasteiger partial charge in [-0.1, -0.05) is 18.2 Å². The van der Waals surface area contributed by atoms with Gasteiger partial charge in [-0.2, -0.15) is 0 Å². The van der Waals surface area contributed by atoms with E-state index in [4.69, 9.17) is 0 Å². The summed E-state index contributed by atoms with van der Waals surface area (Å²) in [6.07, 6.45) is 5.47. The normalized spacial score (nSPS) is 17.7. The Labute approximate surface area is 74.2 Å². The van der Waals surface area contributed by atoms with Gasteiger partial charge in [-0.25, -0.2) is 0 Å². The molecule has 66 valence electrons. The quantitative estimate of drug-likeness (QED) is 0.461. The Balaban J connectivity index is 2.36. The molecule has 0 unspecified atom stereocenters. The second-order valence-electron chi connectivity index (χ2n) is 3.58. The first-order chi connectivity index (χ1) is 5.61. The lowest BCUT2D eigenvalue weighted by atomic mass is 10.1. The number of hydrogen-bond acceptors (Lipinski definition) is 1. The average Bonchev–Trinajstić information content (AvgIpc) is 2.81. The van der Waals surface area contributed by atoms with E-state index >= 15 is 0 Å². The zero-order valence-electron chi connectivity index (χ0n) is 7.89. The van der Waals surface area contributed by atoms with E-state index in [1.54, 1.807) is 6.92 Å². The third kappa shape index (κ3) is 2.65. The summed E-state index contributed by atoms with van der Waals surface area (Å²) in [7, 11) is 0. The van der Waals surface area contributed by atoms with Gasteiger partial charge in [0.05, 0.1) is 0 Å². The van der Waals surface area contributed by atoms with Crippen LogP contribution in [0, 0.1) is 5.92 Å². The molecule has 0 amide bonds. The van der Waals surface area contributed by atoms with Crippen LogP contribution in [0.4, 0.5) is 0 Å². The molecule has 1 saturated carbocycles. The predicted octanol–water partition coefficient (Wildman–Crippen LogP) is 2.88. The summed E-state index contributed by atoms with van der Waals surface area (Å²) < 4.78 is 0. The number of allylic oxidation sites excluding steroid dienone is 3. The van der Waals surface area contributed by atoms with Gasteiger partial charge in [0.1, 0.15) is 0 Å². The van der Waals surface area contributed by atoms with Crippen molar-refractivity contribution in [1.82, 2.24) is 0 Å². The number of rotatable bonds is 4. The molecule has 0 aromatic rings. The van der Waals surface area contributed by atoms with Crippen LogP contribution in [0.25, 0.3) is 0 Å². The van der Waals surface area contributed by atoms with Gasteiger partial charge in [-0.05, 0) is 44.6 Å². The topological polar surface area (TPSA) is 17.1 Å². The fourth-order valence-corrected chi connectivity index (χ4v) is 1.09. The van der Waals surface area contributed by atoms with Crippen LogP contribution in [0.3, 0.4) is 0 Å². The van der Waals surface area contributed by atoms with Crippen molar-refractivity contribution in [2.24, 2.45) is 5.92 Å². The minimum Gasteiger partial charge on any atom is -0.295 e. The number of ketones is 1. The van der Waals surface area contributed by atoms with Gasteiger partial charge >= 0.3 is 0 Å². The molecule has 1 aliphatic rings. The molecule has 1 fully saturated rings. The number of carbonyl (C=O) groups is 1. The summed E-state index contributed by atoms with van der Waals surface area (Å²) in [5, 5.41) is 0. The Hall–Kier alpha value is -0.850. The van der Waals surface area contributed by atoms with Crippen molar-refractivity contribution in [1.29, 1.82) is 0 Å². The van der Waals surface area contributed by atoms with Gasteiger partial charge in [-0.15, -0.1) is 0 Å². The number of carbonyl (C=O) groups excluding carboxylic acids is 1. The molecule has 1 nitrogen and oxygen atoms in total. The van der Waals surface area contributed by atoms with Crippen LogP contribution in [0.1, 0.15) is 33.1 Å². The molecule has 0 saturated heterocycles. The molecule has 0 spiro atoms. The van der Waals surface area contributed by atoms with Crippen molar-refractivity contribution in [3.63, 3.8) is 0 Å². The van der Waals surface area contributed by atoms with E-state index in [1.807, 2.05) is 13.0 Å². The Kier molecular flexibility index (Phi) is 2.85. The molecule has 12 heavy (non-hydrogen) atoms. The predicted molar refractivity (Wildman–Crippen MR) is 50.9 cm³/mol. The lowest BCUT2D eigenvalue weighted by Crippen LogP contribution is -1.91. The van der Waals surface area contributed by atoms with E-state index in [9.17, 15) is 4.79 Å². The summed E-state index contributed by atoms with van der Waals surface area (Å²) in [5.41, 5.74) is 2.15. The van der Waals surface area contributed by atoms with Crippen LogP contribution in [0.2, 0.25) is 0 Å². The molecule has 0 radical (unpaired) electrons. The first-order valence-corrected chi connectivity index (χ1v) is 4.46. The molecule has 0 bridgehead atoms. The zero-order chi connectivity index (χ0) is 9.14. The van der Waals surface area contributed by atoms with E-state index in [-0.39, 0.29) is 5.78 Å². The molecule has 0 aromatic carbocycles. The summed E-state index contributed by atoms with van der Waals surface area (Å²) in [4.78, 5) is 10.8. The van der Waals surface area contributed by atoms with Gasteiger partial charge in [0.25, 0.3) is 0 Å². The molecule has 1 rings (SSSR count). The SMILES string of the molecule is C=C(C/C=C(\C)C(C)=O)C1CC1. The minimum atomic E-state index is 0.165. The first kappa shape index (κ1) is 9.24. The molecule has 0 aromatic heterocycles. The Bertz CT molecular complexity index is 231. The first-order valence-electron chi connectivity index (χ1n) is 4.46. The van der Waals surface area contributed by atoms with Crippen molar-refractivity contribution in [2.45, 2.75) is 33.1 Å². The zero-order valence-corrected chi connectivity index (χ0v) is 7.89. The van der Waals surface area contributed by atoms with E-state index < -0.39 is 0 Å². The van der Waals surface area contributed by atoms with E-state index in [0.717, 1.165) is 17.9 Å². The second-order valence-corrected chi connectivity index (χ2v) is 3.58. The summed E-state index contributed by atoms with van der Waals surface area (Å²) in [6, 6.07) is 0. The average molecular weight is 164 g/mol.